The van der Waals surface area contributed by atoms with Crippen LogP contribution in [0.5, 0.6) is 5.75 Å². The van der Waals surface area contributed by atoms with Crippen LogP contribution in [-0.4, -0.2) is 41.6 Å². The molecule has 2 aromatic carbocycles. The number of phenols is 1. The third-order valence-corrected chi connectivity index (χ3v) is 4.83. The van der Waals surface area contributed by atoms with Crippen molar-refractivity contribution in [2.75, 3.05) is 5.01 Å². The molecule has 2 aromatic rings. The standard InChI is InChI=1S/C16H12ClN5O6S/c17-8-6-10(14(23)11(7-8)29(26,27)28)19-20-13-12(15(18)24)21-22(16(13)25)9-4-2-1-3-5-9/h1-7,13,23H,(H2,18,24)(H,26,27,28). The molecule has 11 nitrogen and oxygen atoms in total. The van der Waals surface area contributed by atoms with Crippen molar-refractivity contribution in [3.05, 3.63) is 47.5 Å². The quantitative estimate of drug-likeness (QED) is 0.473. The second kappa shape index (κ2) is 7.58. The van der Waals surface area contributed by atoms with Crippen LogP contribution in [0.25, 0.3) is 0 Å². The van der Waals surface area contributed by atoms with Crippen LogP contribution < -0.4 is 10.7 Å². The van der Waals surface area contributed by atoms with Crippen molar-refractivity contribution in [1.29, 1.82) is 0 Å². The van der Waals surface area contributed by atoms with Gasteiger partial charge in [0, 0.05) is 5.02 Å². The smallest absolute Gasteiger partial charge is 0.298 e. The Morgan fingerprint density at radius 2 is 1.90 bits per heavy atom. The lowest BCUT2D eigenvalue weighted by atomic mass is 10.2. The Balaban J connectivity index is 2.01. The van der Waals surface area contributed by atoms with Crippen LogP contribution >= 0.6 is 11.6 Å². The van der Waals surface area contributed by atoms with E-state index in [0.717, 1.165) is 17.1 Å². The van der Waals surface area contributed by atoms with Crippen molar-refractivity contribution in [2.24, 2.45) is 21.1 Å². The van der Waals surface area contributed by atoms with E-state index in [0.29, 0.717) is 5.69 Å². The molecule has 4 N–H and O–H groups in total. The minimum Gasteiger partial charge on any atom is -0.504 e. The highest BCUT2D eigenvalue weighted by atomic mass is 35.5. The van der Waals surface area contributed by atoms with Crippen molar-refractivity contribution in [3.8, 4) is 5.75 Å². The van der Waals surface area contributed by atoms with Gasteiger partial charge in [-0.2, -0.15) is 28.8 Å². The fourth-order valence-electron chi connectivity index (χ4n) is 2.44. The monoisotopic (exact) mass is 437 g/mol. The summed E-state index contributed by atoms with van der Waals surface area (Å²) in [5, 5.41) is 21.9. The number of anilines is 1. The molecule has 1 heterocycles. The number of carbonyl (C=O) groups is 2. The molecule has 0 spiro atoms. The normalized spacial score (nSPS) is 17.0. The van der Waals surface area contributed by atoms with Gasteiger partial charge < -0.3 is 10.8 Å². The van der Waals surface area contributed by atoms with E-state index in [1.807, 2.05) is 0 Å². The average molecular weight is 438 g/mol. The van der Waals surface area contributed by atoms with Crippen molar-refractivity contribution in [2.45, 2.75) is 10.9 Å². The molecule has 0 fully saturated rings. The van der Waals surface area contributed by atoms with Gasteiger partial charge in [0.05, 0.1) is 5.69 Å². The molecule has 0 aliphatic carbocycles. The fourth-order valence-corrected chi connectivity index (χ4v) is 3.34. The van der Waals surface area contributed by atoms with Gasteiger partial charge in [0.15, 0.2) is 11.5 Å². The zero-order chi connectivity index (χ0) is 21.3. The predicted octanol–water partition coefficient (Wildman–Crippen LogP) is 1.63. The molecule has 0 aromatic heterocycles. The zero-order valence-electron chi connectivity index (χ0n) is 14.3. The fraction of sp³-hybridized carbons (Fsp3) is 0.0625. The summed E-state index contributed by atoms with van der Waals surface area (Å²) in [4.78, 5) is 23.4. The van der Waals surface area contributed by atoms with E-state index in [4.69, 9.17) is 21.9 Å². The summed E-state index contributed by atoms with van der Waals surface area (Å²) in [6, 6.07) is 8.48. The van der Waals surface area contributed by atoms with E-state index in [2.05, 4.69) is 15.3 Å². The van der Waals surface area contributed by atoms with E-state index in [9.17, 15) is 23.1 Å². The van der Waals surface area contributed by atoms with Crippen LogP contribution in [0.1, 0.15) is 0 Å². The Morgan fingerprint density at radius 3 is 2.48 bits per heavy atom. The molecule has 150 valence electrons. The molecule has 0 saturated carbocycles. The summed E-state index contributed by atoms with van der Waals surface area (Å²) >= 11 is 5.77. The third kappa shape index (κ3) is 4.08. The molecule has 0 bridgehead atoms. The second-order valence-corrected chi connectivity index (χ2v) is 7.53. The molecule has 1 unspecified atom stereocenters. The maximum Gasteiger partial charge on any atom is 0.298 e. The molecule has 1 aliphatic rings. The first kappa shape index (κ1) is 20.4. The number of para-hydroxylation sites is 1. The van der Waals surface area contributed by atoms with Crippen molar-refractivity contribution in [1.82, 2.24) is 0 Å². The van der Waals surface area contributed by atoms with E-state index < -0.39 is 50.0 Å². The highest BCUT2D eigenvalue weighted by Crippen LogP contribution is 2.37. The van der Waals surface area contributed by atoms with Crippen LogP contribution in [0.15, 0.2) is 62.7 Å². The molecule has 2 amide bonds. The number of primary amides is 1. The lowest BCUT2D eigenvalue weighted by molar-refractivity contribution is -0.118. The molecule has 0 saturated heterocycles. The zero-order valence-corrected chi connectivity index (χ0v) is 15.9. The first-order chi connectivity index (χ1) is 13.6. The van der Waals surface area contributed by atoms with Gasteiger partial charge in [-0.25, -0.2) is 0 Å². The number of azo groups is 1. The number of hydrogen-bond donors (Lipinski definition) is 3. The van der Waals surface area contributed by atoms with Gasteiger partial charge in [-0.15, -0.1) is 0 Å². The van der Waals surface area contributed by atoms with Crippen molar-refractivity contribution in [3.63, 3.8) is 0 Å². The van der Waals surface area contributed by atoms with Gasteiger partial charge in [-0.1, -0.05) is 29.8 Å². The molecule has 13 heteroatoms. The summed E-state index contributed by atoms with van der Waals surface area (Å²) in [6.45, 7) is 0. The summed E-state index contributed by atoms with van der Waals surface area (Å²) in [6.07, 6.45) is 0. The lowest BCUT2D eigenvalue weighted by Crippen LogP contribution is -2.35. The van der Waals surface area contributed by atoms with E-state index in [1.54, 1.807) is 30.3 Å². The number of amides is 2. The topological polar surface area (TPSA) is 175 Å². The Bertz CT molecular complexity index is 1170. The lowest BCUT2D eigenvalue weighted by Gasteiger charge is -2.11. The highest BCUT2D eigenvalue weighted by Gasteiger charge is 2.40. The van der Waals surface area contributed by atoms with Crippen molar-refractivity contribution >= 4 is 50.6 Å². The first-order valence-electron chi connectivity index (χ1n) is 7.77. The van der Waals surface area contributed by atoms with Crippen LogP contribution in [-0.2, 0) is 19.7 Å². The van der Waals surface area contributed by atoms with Gasteiger partial charge in [0.2, 0.25) is 6.04 Å². The molecular weight excluding hydrogens is 426 g/mol. The summed E-state index contributed by atoms with van der Waals surface area (Å²) in [5.74, 6) is -2.71. The Kier molecular flexibility index (Phi) is 5.33. The van der Waals surface area contributed by atoms with Crippen LogP contribution in [0.3, 0.4) is 0 Å². The number of hydrazone groups is 1. The minimum absolute atomic E-state index is 0.183. The van der Waals surface area contributed by atoms with Gasteiger partial charge in [-0.05, 0) is 24.3 Å². The molecule has 0 radical (unpaired) electrons. The average Bonchev–Trinajstić information content (AvgIpc) is 2.98. The summed E-state index contributed by atoms with van der Waals surface area (Å²) in [7, 11) is -4.80. The van der Waals surface area contributed by atoms with E-state index in [1.165, 1.54) is 0 Å². The van der Waals surface area contributed by atoms with E-state index in [-0.39, 0.29) is 5.02 Å². The summed E-state index contributed by atoms with van der Waals surface area (Å²) < 4.78 is 31.8. The number of hydrogen-bond acceptors (Lipinski definition) is 8. The third-order valence-electron chi connectivity index (χ3n) is 3.74. The van der Waals surface area contributed by atoms with Gasteiger partial charge in [-0.3, -0.25) is 14.1 Å². The van der Waals surface area contributed by atoms with Crippen LogP contribution in [0.4, 0.5) is 11.4 Å². The molecule has 29 heavy (non-hydrogen) atoms. The van der Waals surface area contributed by atoms with Crippen LogP contribution in [0, 0.1) is 0 Å². The van der Waals surface area contributed by atoms with E-state index >= 15 is 0 Å². The molecule has 3 rings (SSSR count). The number of benzene rings is 2. The Labute approximate surface area is 168 Å². The number of rotatable bonds is 5. The Morgan fingerprint density at radius 1 is 1.24 bits per heavy atom. The minimum atomic E-state index is -4.80. The largest absolute Gasteiger partial charge is 0.504 e. The first-order valence-corrected chi connectivity index (χ1v) is 9.59. The maximum absolute atomic E-state index is 12.6. The number of aromatic hydroxyl groups is 1. The Hall–Kier alpha value is -3.35. The number of halogens is 1. The maximum atomic E-state index is 12.6. The number of phenolic OH excluding ortho intramolecular Hbond substituents is 1. The SMILES string of the molecule is NC(=O)C1=NN(c2ccccc2)C(=O)C1N=Nc1cc(Cl)cc(S(=O)(=O)O)c1O. The number of nitrogens with two attached hydrogens (primary N) is 1. The number of nitrogens with zero attached hydrogens (tertiary/aromatic N) is 4. The van der Waals surface area contributed by atoms with Crippen LogP contribution in [0.2, 0.25) is 5.02 Å². The highest BCUT2D eigenvalue weighted by molar-refractivity contribution is 7.86. The molecular formula is C16H12ClN5O6S. The summed E-state index contributed by atoms with van der Waals surface area (Å²) in [5.41, 5.74) is 4.75. The van der Waals surface area contributed by atoms with Gasteiger partial charge in [0.1, 0.15) is 10.6 Å². The number of carbonyl (C=O) groups excluding carboxylic acids is 2. The molecule has 1 atom stereocenters. The van der Waals surface area contributed by atoms with Gasteiger partial charge >= 0.3 is 0 Å². The van der Waals surface area contributed by atoms with Crippen molar-refractivity contribution < 1.29 is 27.7 Å². The van der Waals surface area contributed by atoms with Gasteiger partial charge in [0.25, 0.3) is 21.9 Å². The second-order valence-electron chi connectivity index (χ2n) is 5.70. The molecule has 1 aliphatic heterocycles. The predicted molar refractivity (Wildman–Crippen MR) is 102 cm³/mol.